The summed E-state index contributed by atoms with van der Waals surface area (Å²) < 4.78 is 0. The standard InChI is InChI=1S/C12H16ClN/c13-12-6-2-1-4-10(12)7-8-11-5-3-9-14-11/h1-2,4,6,11,14H,3,5,7-9H2. The van der Waals surface area contributed by atoms with Gasteiger partial charge >= 0.3 is 0 Å². The molecule has 1 saturated heterocycles. The second kappa shape index (κ2) is 4.81. The first-order chi connectivity index (χ1) is 6.86. The van der Waals surface area contributed by atoms with Crippen LogP contribution >= 0.6 is 11.6 Å². The van der Waals surface area contributed by atoms with Crippen molar-refractivity contribution in [3.8, 4) is 0 Å². The molecule has 0 aliphatic carbocycles. The highest BCUT2D eigenvalue weighted by atomic mass is 35.5. The van der Waals surface area contributed by atoms with Crippen molar-refractivity contribution in [2.24, 2.45) is 0 Å². The molecule has 0 bridgehead atoms. The quantitative estimate of drug-likeness (QED) is 0.807. The smallest absolute Gasteiger partial charge is 0.0437 e. The highest BCUT2D eigenvalue weighted by Crippen LogP contribution is 2.19. The van der Waals surface area contributed by atoms with Crippen LogP contribution in [0.25, 0.3) is 0 Å². The lowest BCUT2D eigenvalue weighted by atomic mass is 10.0. The molecule has 1 fully saturated rings. The molecule has 76 valence electrons. The van der Waals surface area contributed by atoms with E-state index in [-0.39, 0.29) is 0 Å². The molecule has 0 amide bonds. The summed E-state index contributed by atoms with van der Waals surface area (Å²) in [6.45, 7) is 1.19. The van der Waals surface area contributed by atoms with Gasteiger partial charge in [-0.3, -0.25) is 0 Å². The fourth-order valence-corrected chi connectivity index (χ4v) is 2.26. The Bertz CT molecular complexity index is 292. The fraction of sp³-hybridized carbons (Fsp3) is 0.500. The van der Waals surface area contributed by atoms with Gasteiger partial charge in [-0.25, -0.2) is 0 Å². The summed E-state index contributed by atoms with van der Waals surface area (Å²) in [6.07, 6.45) is 4.96. The number of halogens is 1. The van der Waals surface area contributed by atoms with Crippen LogP contribution in [-0.4, -0.2) is 12.6 Å². The molecule has 1 aromatic carbocycles. The molecule has 1 aliphatic heterocycles. The summed E-state index contributed by atoms with van der Waals surface area (Å²) in [5.74, 6) is 0. The van der Waals surface area contributed by atoms with E-state index in [1.807, 2.05) is 12.1 Å². The predicted molar refractivity (Wildman–Crippen MR) is 60.8 cm³/mol. The Morgan fingerprint density at radius 3 is 2.93 bits per heavy atom. The first-order valence-electron chi connectivity index (χ1n) is 5.33. The molecule has 1 atom stereocenters. The molecule has 1 heterocycles. The maximum absolute atomic E-state index is 6.09. The van der Waals surface area contributed by atoms with Crippen LogP contribution in [0.1, 0.15) is 24.8 Å². The molecule has 14 heavy (non-hydrogen) atoms. The summed E-state index contributed by atoms with van der Waals surface area (Å²) in [6, 6.07) is 8.85. The van der Waals surface area contributed by atoms with E-state index in [1.165, 1.54) is 31.4 Å². The lowest BCUT2D eigenvalue weighted by Crippen LogP contribution is -2.21. The van der Waals surface area contributed by atoms with E-state index in [4.69, 9.17) is 11.6 Å². The molecule has 1 N–H and O–H groups in total. The Balaban J connectivity index is 1.88. The lowest BCUT2D eigenvalue weighted by molar-refractivity contribution is 0.559. The van der Waals surface area contributed by atoms with Gasteiger partial charge < -0.3 is 5.32 Å². The second-order valence-electron chi connectivity index (χ2n) is 3.92. The summed E-state index contributed by atoms with van der Waals surface area (Å²) in [5.41, 5.74) is 1.28. The van der Waals surface area contributed by atoms with Gasteiger partial charge in [0.15, 0.2) is 0 Å². The van der Waals surface area contributed by atoms with Crippen molar-refractivity contribution >= 4 is 11.6 Å². The van der Waals surface area contributed by atoms with Gasteiger partial charge in [0.25, 0.3) is 0 Å². The van der Waals surface area contributed by atoms with E-state index in [0.29, 0.717) is 6.04 Å². The molecule has 1 unspecified atom stereocenters. The van der Waals surface area contributed by atoms with Crippen LogP contribution in [0.4, 0.5) is 0 Å². The third kappa shape index (κ3) is 2.49. The SMILES string of the molecule is Clc1ccccc1CCC1CCCN1. The average Bonchev–Trinajstić information content (AvgIpc) is 2.69. The first-order valence-corrected chi connectivity index (χ1v) is 5.71. The summed E-state index contributed by atoms with van der Waals surface area (Å²) in [7, 11) is 0. The minimum Gasteiger partial charge on any atom is -0.314 e. The van der Waals surface area contributed by atoms with Crippen molar-refractivity contribution in [1.29, 1.82) is 0 Å². The predicted octanol–water partition coefficient (Wildman–Crippen LogP) is 3.02. The minimum absolute atomic E-state index is 0.714. The Labute approximate surface area is 90.5 Å². The van der Waals surface area contributed by atoms with Crippen LogP contribution in [0.5, 0.6) is 0 Å². The maximum atomic E-state index is 6.09. The van der Waals surface area contributed by atoms with Crippen molar-refractivity contribution in [2.75, 3.05) is 6.54 Å². The Kier molecular flexibility index (Phi) is 3.44. The monoisotopic (exact) mass is 209 g/mol. The number of hydrogen-bond donors (Lipinski definition) is 1. The maximum Gasteiger partial charge on any atom is 0.0437 e. The van der Waals surface area contributed by atoms with Crippen LogP contribution in [0.3, 0.4) is 0 Å². The zero-order valence-corrected chi connectivity index (χ0v) is 9.06. The molecule has 1 aliphatic rings. The highest BCUT2D eigenvalue weighted by Gasteiger charge is 2.13. The van der Waals surface area contributed by atoms with E-state index in [2.05, 4.69) is 17.4 Å². The van der Waals surface area contributed by atoms with Gasteiger partial charge in [-0.1, -0.05) is 29.8 Å². The Hall–Kier alpha value is -0.530. The van der Waals surface area contributed by atoms with Gasteiger partial charge in [-0.15, -0.1) is 0 Å². The second-order valence-corrected chi connectivity index (χ2v) is 4.33. The van der Waals surface area contributed by atoms with Crippen LogP contribution < -0.4 is 5.32 Å². The largest absolute Gasteiger partial charge is 0.314 e. The molecular weight excluding hydrogens is 194 g/mol. The van der Waals surface area contributed by atoms with Gasteiger partial charge in [0.2, 0.25) is 0 Å². The van der Waals surface area contributed by atoms with Gasteiger partial charge in [0, 0.05) is 11.1 Å². The normalized spacial score (nSPS) is 21.4. The van der Waals surface area contributed by atoms with Crippen molar-refractivity contribution in [2.45, 2.75) is 31.7 Å². The van der Waals surface area contributed by atoms with E-state index < -0.39 is 0 Å². The zero-order chi connectivity index (χ0) is 9.80. The minimum atomic E-state index is 0.714. The zero-order valence-electron chi connectivity index (χ0n) is 8.30. The van der Waals surface area contributed by atoms with Crippen LogP contribution in [0.15, 0.2) is 24.3 Å². The third-order valence-corrected chi connectivity index (χ3v) is 3.25. The van der Waals surface area contributed by atoms with E-state index in [0.717, 1.165) is 11.4 Å². The van der Waals surface area contributed by atoms with E-state index >= 15 is 0 Å². The van der Waals surface area contributed by atoms with E-state index in [9.17, 15) is 0 Å². The first kappa shape index (κ1) is 10.0. The molecule has 0 spiro atoms. The number of benzene rings is 1. The van der Waals surface area contributed by atoms with Gasteiger partial charge in [-0.05, 0) is 43.9 Å². The molecule has 0 aromatic heterocycles. The van der Waals surface area contributed by atoms with Gasteiger partial charge in [-0.2, -0.15) is 0 Å². The average molecular weight is 210 g/mol. The fourth-order valence-electron chi connectivity index (χ4n) is 2.03. The van der Waals surface area contributed by atoms with Gasteiger partial charge in [0.1, 0.15) is 0 Å². The van der Waals surface area contributed by atoms with E-state index in [1.54, 1.807) is 0 Å². The molecule has 2 rings (SSSR count). The molecule has 0 saturated carbocycles. The molecule has 1 aromatic rings. The van der Waals surface area contributed by atoms with Crippen molar-refractivity contribution in [1.82, 2.24) is 5.32 Å². The Morgan fingerprint density at radius 2 is 2.21 bits per heavy atom. The molecule has 1 nitrogen and oxygen atoms in total. The van der Waals surface area contributed by atoms with Crippen LogP contribution in [-0.2, 0) is 6.42 Å². The number of hydrogen-bond acceptors (Lipinski definition) is 1. The number of rotatable bonds is 3. The van der Waals surface area contributed by atoms with Crippen LogP contribution in [0, 0.1) is 0 Å². The van der Waals surface area contributed by atoms with Gasteiger partial charge in [0.05, 0.1) is 0 Å². The Morgan fingerprint density at radius 1 is 1.36 bits per heavy atom. The van der Waals surface area contributed by atoms with Crippen LogP contribution in [0.2, 0.25) is 5.02 Å². The molecule has 2 heteroatoms. The number of nitrogens with one attached hydrogen (secondary N) is 1. The summed E-state index contributed by atoms with van der Waals surface area (Å²) >= 11 is 6.09. The summed E-state index contributed by atoms with van der Waals surface area (Å²) in [4.78, 5) is 0. The summed E-state index contributed by atoms with van der Waals surface area (Å²) in [5, 5.41) is 4.41. The highest BCUT2D eigenvalue weighted by molar-refractivity contribution is 6.31. The topological polar surface area (TPSA) is 12.0 Å². The molecular formula is C12H16ClN. The number of aryl methyl sites for hydroxylation is 1. The van der Waals surface area contributed by atoms with Crippen molar-refractivity contribution in [3.05, 3.63) is 34.9 Å². The molecule has 0 radical (unpaired) electrons. The lowest BCUT2D eigenvalue weighted by Gasteiger charge is -2.10. The third-order valence-electron chi connectivity index (χ3n) is 2.88. The van der Waals surface area contributed by atoms with Crippen molar-refractivity contribution in [3.63, 3.8) is 0 Å². The van der Waals surface area contributed by atoms with Crippen molar-refractivity contribution < 1.29 is 0 Å².